The third kappa shape index (κ3) is 2.43. The summed E-state index contributed by atoms with van der Waals surface area (Å²) >= 11 is 0. The Kier molecular flexibility index (Phi) is 3.84. The molecule has 1 heterocycles. The third-order valence-corrected chi connectivity index (χ3v) is 2.32. The van der Waals surface area contributed by atoms with Crippen LogP contribution in [0.1, 0.15) is 12.8 Å². The fourth-order valence-electron chi connectivity index (χ4n) is 1.52. The standard InChI is InChI=1S/C8H15N3O3/c1-14-6-3-2-4-11(5-6)8(13)7(12)10-9/h6H,2-5,9H2,1H3,(H,10,12). The zero-order valence-corrected chi connectivity index (χ0v) is 8.16. The van der Waals surface area contributed by atoms with Gasteiger partial charge in [0.2, 0.25) is 0 Å². The Morgan fingerprint density at radius 1 is 1.57 bits per heavy atom. The highest BCUT2D eigenvalue weighted by Gasteiger charge is 2.26. The Hall–Kier alpha value is -1.14. The van der Waals surface area contributed by atoms with Crippen molar-refractivity contribution in [1.29, 1.82) is 0 Å². The summed E-state index contributed by atoms with van der Waals surface area (Å²) in [5, 5.41) is 0. The number of methoxy groups -OCH3 is 1. The Balaban J connectivity index is 2.51. The minimum absolute atomic E-state index is 0.0262. The summed E-state index contributed by atoms with van der Waals surface area (Å²) in [6, 6.07) is 0. The number of nitrogens with zero attached hydrogens (tertiary/aromatic N) is 1. The van der Waals surface area contributed by atoms with Crippen molar-refractivity contribution in [3.05, 3.63) is 0 Å². The number of nitrogens with two attached hydrogens (primary N) is 1. The monoisotopic (exact) mass is 201 g/mol. The van der Waals surface area contributed by atoms with Crippen LogP contribution in [0.15, 0.2) is 0 Å². The van der Waals surface area contributed by atoms with Crippen molar-refractivity contribution in [3.63, 3.8) is 0 Å². The molecular weight excluding hydrogens is 186 g/mol. The van der Waals surface area contributed by atoms with Crippen molar-refractivity contribution in [3.8, 4) is 0 Å². The van der Waals surface area contributed by atoms with E-state index in [9.17, 15) is 9.59 Å². The molecule has 0 saturated carbocycles. The quantitative estimate of drug-likeness (QED) is 0.237. The van der Waals surface area contributed by atoms with Crippen LogP contribution < -0.4 is 11.3 Å². The largest absolute Gasteiger partial charge is 0.380 e. The summed E-state index contributed by atoms with van der Waals surface area (Å²) in [5.74, 6) is 3.50. The van der Waals surface area contributed by atoms with Crippen molar-refractivity contribution >= 4 is 11.8 Å². The molecule has 14 heavy (non-hydrogen) atoms. The van der Waals surface area contributed by atoms with Crippen molar-refractivity contribution in [2.24, 2.45) is 5.84 Å². The Morgan fingerprint density at radius 3 is 2.86 bits per heavy atom. The van der Waals surface area contributed by atoms with E-state index < -0.39 is 11.8 Å². The van der Waals surface area contributed by atoms with Crippen LogP contribution in [0.3, 0.4) is 0 Å². The number of carbonyl (C=O) groups is 2. The van der Waals surface area contributed by atoms with Gasteiger partial charge < -0.3 is 9.64 Å². The van der Waals surface area contributed by atoms with Crippen LogP contribution in [-0.4, -0.2) is 43.0 Å². The summed E-state index contributed by atoms with van der Waals surface area (Å²) in [6.07, 6.45) is 1.80. The molecule has 1 unspecified atom stereocenters. The molecule has 6 nitrogen and oxygen atoms in total. The first-order valence-electron chi connectivity index (χ1n) is 4.51. The van der Waals surface area contributed by atoms with Crippen LogP contribution in [0.4, 0.5) is 0 Å². The van der Waals surface area contributed by atoms with Crippen LogP contribution in [0.25, 0.3) is 0 Å². The summed E-state index contributed by atoms with van der Waals surface area (Å²) < 4.78 is 5.13. The number of piperidine rings is 1. The fraction of sp³-hybridized carbons (Fsp3) is 0.750. The summed E-state index contributed by atoms with van der Waals surface area (Å²) in [6.45, 7) is 1.05. The lowest BCUT2D eigenvalue weighted by atomic mass is 10.1. The number of hydrazine groups is 1. The van der Waals surface area contributed by atoms with Crippen LogP contribution >= 0.6 is 0 Å². The Labute approximate surface area is 82.3 Å². The molecule has 3 N–H and O–H groups in total. The molecule has 1 aliphatic rings. The molecule has 1 fully saturated rings. The van der Waals surface area contributed by atoms with Gasteiger partial charge in [0.25, 0.3) is 0 Å². The fourth-order valence-corrected chi connectivity index (χ4v) is 1.52. The van der Waals surface area contributed by atoms with Gasteiger partial charge in [-0.2, -0.15) is 0 Å². The van der Waals surface area contributed by atoms with Crippen LogP contribution in [0.5, 0.6) is 0 Å². The van der Waals surface area contributed by atoms with Gasteiger partial charge in [0.15, 0.2) is 0 Å². The second kappa shape index (κ2) is 4.92. The molecule has 1 saturated heterocycles. The molecule has 0 spiro atoms. The van der Waals surface area contributed by atoms with Gasteiger partial charge in [0.05, 0.1) is 6.10 Å². The highest BCUT2D eigenvalue weighted by Crippen LogP contribution is 2.12. The number of hydrogen-bond donors (Lipinski definition) is 2. The SMILES string of the molecule is COC1CCCN(C(=O)C(=O)NN)C1. The van der Waals surface area contributed by atoms with Gasteiger partial charge in [-0.1, -0.05) is 0 Å². The maximum atomic E-state index is 11.4. The van der Waals surface area contributed by atoms with Crippen molar-refractivity contribution in [2.75, 3.05) is 20.2 Å². The van der Waals surface area contributed by atoms with E-state index in [1.165, 1.54) is 4.90 Å². The van der Waals surface area contributed by atoms with Crippen molar-refractivity contribution in [1.82, 2.24) is 10.3 Å². The number of rotatable bonds is 1. The lowest BCUT2D eigenvalue weighted by Crippen LogP contribution is -2.50. The molecule has 0 aliphatic carbocycles. The topological polar surface area (TPSA) is 84.7 Å². The van der Waals surface area contributed by atoms with Crippen LogP contribution in [-0.2, 0) is 14.3 Å². The van der Waals surface area contributed by atoms with E-state index in [1.54, 1.807) is 7.11 Å². The molecule has 0 aromatic rings. The van der Waals surface area contributed by atoms with Gasteiger partial charge >= 0.3 is 11.8 Å². The Morgan fingerprint density at radius 2 is 2.29 bits per heavy atom. The van der Waals surface area contributed by atoms with E-state index in [-0.39, 0.29) is 6.10 Å². The Bertz CT molecular complexity index is 232. The normalized spacial score (nSPS) is 21.9. The van der Waals surface area contributed by atoms with E-state index >= 15 is 0 Å². The smallest absolute Gasteiger partial charge is 0.323 e. The average Bonchev–Trinajstić information content (AvgIpc) is 2.27. The molecule has 2 amide bonds. The molecular formula is C8H15N3O3. The number of hydrogen-bond acceptors (Lipinski definition) is 4. The maximum Gasteiger partial charge on any atom is 0.323 e. The zero-order chi connectivity index (χ0) is 10.6. The van der Waals surface area contributed by atoms with Crippen LogP contribution in [0.2, 0.25) is 0 Å². The molecule has 0 bridgehead atoms. The van der Waals surface area contributed by atoms with E-state index in [1.807, 2.05) is 5.43 Å². The molecule has 1 rings (SSSR count). The molecule has 0 aromatic carbocycles. The first-order valence-corrected chi connectivity index (χ1v) is 4.51. The number of nitrogens with one attached hydrogen (secondary N) is 1. The third-order valence-electron chi connectivity index (χ3n) is 2.32. The zero-order valence-electron chi connectivity index (χ0n) is 8.16. The highest BCUT2D eigenvalue weighted by molar-refractivity contribution is 6.34. The second-order valence-electron chi connectivity index (χ2n) is 3.22. The molecule has 1 aliphatic heterocycles. The first-order chi connectivity index (χ1) is 6.69. The predicted molar refractivity (Wildman–Crippen MR) is 48.9 cm³/mol. The number of ether oxygens (including phenoxy) is 1. The molecule has 1 atom stereocenters. The lowest BCUT2D eigenvalue weighted by molar-refractivity contribution is -0.148. The van der Waals surface area contributed by atoms with E-state index in [0.717, 1.165) is 12.8 Å². The number of amides is 2. The number of likely N-dealkylation sites (tertiary alicyclic amines) is 1. The maximum absolute atomic E-state index is 11.4. The van der Waals surface area contributed by atoms with Gasteiger partial charge in [0.1, 0.15) is 0 Å². The van der Waals surface area contributed by atoms with Crippen molar-refractivity contribution in [2.45, 2.75) is 18.9 Å². The van der Waals surface area contributed by atoms with E-state index in [2.05, 4.69) is 0 Å². The minimum Gasteiger partial charge on any atom is -0.380 e. The number of carbonyl (C=O) groups excluding carboxylic acids is 2. The van der Waals surface area contributed by atoms with Crippen LogP contribution in [0, 0.1) is 0 Å². The molecule has 80 valence electrons. The van der Waals surface area contributed by atoms with Gasteiger partial charge in [-0.05, 0) is 12.8 Å². The predicted octanol–water partition coefficient (Wildman–Crippen LogP) is -1.39. The average molecular weight is 201 g/mol. The van der Waals surface area contributed by atoms with E-state index in [4.69, 9.17) is 10.6 Å². The van der Waals surface area contributed by atoms with Gasteiger partial charge in [-0.25, -0.2) is 5.84 Å². The highest BCUT2D eigenvalue weighted by atomic mass is 16.5. The van der Waals surface area contributed by atoms with Gasteiger partial charge in [0, 0.05) is 20.2 Å². The van der Waals surface area contributed by atoms with Gasteiger partial charge in [-0.15, -0.1) is 0 Å². The molecule has 0 aromatic heterocycles. The molecule has 6 heteroatoms. The minimum atomic E-state index is -0.776. The summed E-state index contributed by atoms with van der Waals surface area (Å²) in [5.41, 5.74) is 1.82. The van der Waals surface area contributed by atoms with Crippen molar-refractivity contribution < 1.29 is 14.3 Å². The van der Waals surface area contributed by atoms with E-state index in [0.29, 0.717) is 13.1 Å². The first kappa shape index (κ1) is 10.9. The summed E-state index contributed by atoms with van der Waals surface area (Å²) in [4.78, 5) is 23.8. The van der Waals surface area contributed by atoms with Gasteiger partial charge in [-0.3, -0.25) is 15.0 Å². The molecule has 0 radical (unpaired) electrons. The lowest BCUT2D eigenvalue weighted by Gasteiger charge is -2.31. The second-order valence-corrected chi connectivity index (χ2v) is 3.22. The summed E-state index contributed by atoms with van der Waals surface area (Å²) in [7, 11) is 1.60.